The highest BCUT2D eigenvalue weighted by Gasteiger charge is 2.22. The molecule has 1 heterocycles. The van der Waals surface area contributed by atoms with Crippen LogP contribution in [0, 0.1) is 12.3 Å². The first-order valence-corrected chi connectivity index (χ1v) is 7.72. The summed E-state index contributed by atoms with van der Waals surface area (Å²) in [7, 11) is -3.37. The van der Waals surface area contributed by atoms with Gasteiger partial charge in [-0.05, 0) is 24.5 Å². The summed E-state index contributed by atoms with van der Waals surface area (Å²) in [6, 6.07) is 3.42. The van der Waals surface area contributed by atoms with E-state index < -0.39 is 10.0 Å². The van der Waals surface area contributed by atoms with Crippen LogP contribution in [0.2, 0.25) is 0 Å². The van der Waals surface area contributed by atoms with Gasteiger partial charge >= 0.3 is 0 Å². The fourth-order valence-electron chi connectivity index (χ4n) is 0.965. The lowest BCUT2D eigenvalue weighted by molar-refractivity contribution is 0.414. The average Bonchev–Trinajstić information content (AvgIpc) is 2.63. The first kappa shape index (κ1) is 14.0. The normalized spacial score (nSPS) is 13.0. The maximum Gasteiger partial charge on any atom is 0.250 e. The van der Waals surface area contributed by atoms with Crippen molar-refractivity contribution in [2.75, 3.05) is 12.4 Å². The lowest BCUT2D eigenvalue weighted by atomic mass is 9.97. The molecular weight excluding hydrogens is 266 g/mol. The predicted molar refractivity (Wildman–Crippen MR) is 68.7 cm³/mol. The van der Waals surface area contributed by atoms with Gasteiger partial charge in [0.2, 0.25) is 10.0 Å². The van der Waals surface area contributed by atoms with Gasteiger partial charge in [-0.1, -0.05) is 13.8 Å². The molecule has 0 unspecified atom stereocenters. The highest BCUT2D eigenvalue weighted by molar-refractivity contribution is 7.91. The Labute approximate surface area is 106 Å². The molecule has 92 valence electrons. The van der Waals surface area contributed by atoms with Crippen LogP contribution in [0.3, 0.4) is 0 Å². The Hall–Kier alpha value is -0.100. The zero-order chi connectivity index (χ0) is 12.4. The van der Waals surface area contributed by atoms with Gasteiger partial charge in [-0.2, -0.15) is 0 Å². The molecule has 1 rings (SSSR count). The summed E-state index contributed by atoms with van der Waals surface area (Å²) in [4.78, 5) is 0.983. The molecule has 0 spiro atoms. The fraction of sp³-hybridized carbons (Fsp3) is 0.600. The fourth-order valence-corrected chi connectivity index (χ4v) is 3.63. The summed E-state index contributed by atoms with van der Waals surface area (Å²) >= 11 is 7.01. The van der Waals surface area contributed by atoms with Crippen LogP contribution in [0.1, 0.15) is 18.7 Å². The molecule has 6 heteroatoms. The Kier molecular flexibility index (Phi) is 4.40. The summed E-state index contributed by atoms with van der Waals surface area (Å²) in [5.41, 5.74) is -0.235. The summed E-state index contributed by atoms with van der Waals surface area (Å²) in [6.45, 7) is 6.06. The van der Waals surface area contributed by atoms with Crippen molar-refractivity contribution in [1.82, 2.24) is 4.72 Å². The monoisotopic (exact) mass is 281 g/mol. The topological polar surface area (TPSA) is 46.2 Å². The third-order valence-electron chi connectivity index (χ3n) is 2.08. The third-order valence-corrected chi connectivity index (χ3v) is 5.70. The zero-order valence-corrected chi connectivity index (χ0v) is 12.0. The van der Waals surface area contributed by atoms with Gasteiger partial charge in [-0.3, -0.25) is 0 Å². The molecule has 16 heavy (non-hydrogen) atoms. The second-order valence-corrected chi connectivity index (χ2v) is 8.04. The molecule has 3 nitrogen and oxygen atoms in total. The smallest absolute Gasteiger partial charge is 0.210 e. The van der Waals surface area contributed by atoms with Crippen molar-refractivity contribution < 1.29 is 8.42 Å². The highest BCUT2D eigenvalue weighted by Crippen LogP contribution is 2.22. The lowest BCUT2D eigenvalue weighted by Crippen LogP contribution is -2.34. The number of hydrogen-bond acceptors (Lipinski definition) is 3. The summed E-state index contributed by atoms with van der Waals surface area (Å²) < 4.78 is 26.7. The predicted octanol–water partition coefficient (Wildman–Crippen LogP) is 2.60. The molecule has 0 aliphatic carbocycles. The number of hydrogen-bond donors (Lipinski definition) is 1. The number of rotatable bonds is 5. The van der Waals surface area contributed by atoms with Crippen LogP contribution in [0.5, 0.6) is 0 Å². The summed E-state index contributed by atoms with van der Waals surface area (Å²) in [6.07, 6.45) is 0. The largest absolute Gasteiger partial charge is 0.250 e. The summed E-state index contributed by atoms with van der Waals surface area (Å²) in [5.74, 6) is 0.416. The van der Waals surface area contributed by atoms with E-state index in [4.69, 9.17) is 11.6 Å². The van der Waals surface area contributed by atoms with Crippen LogP contribution in [-0.2, 0) is 10.0 Å². The van der Waals surface area contributed by atoms with Crippen LogP contribution in [-0.4, -0.2) is 20.8 Å². The van der Waals surface area contributed by atoms with E-state index in [0.29, 0.717) is 16.6 Å². The van der Waals surface area contributed by atoms with Crippen molar-refractivity contribution in [3.8, 4) is 0 Å². The molecule has 0 bridgehead atoms. The minimum absolute atomic E-state index is 0.235. The van der Waals surface area contributed by atoms with Crippen LogP contribution < -0.4 is 4.72 Å². The van der Waals surface area contributed by atoms with E-state index in [1.165, 1.54) is 11.3 Å². The molecule has 0 amide bonds. The third kappa shape index (κ3) is 3.73. The second-order valence-electron chi connectivity index (χ2n) is 4.49. The molecule has 0 atom stereocenters. The van der Waals surface area contributed by atoms with E-state index >= 15 is 0 Å². The summed E-state index contributed by atoms with van der Waals surface area (Å²) in [5, 5.41) is 0. The van der Waals surface area contributed by atoms with Crippen LogP contribution in [0.25, 0.3) is 0 Å². The standard InChI is InChI=1S/C10H16ClNO2S2/c1-8-4-5-9(15-8)16(13,14)12-7-10(2,3)6-11/h4-5,12H,6-7H2,1-3H3. The van der Waals surface area contributed by atoms with E-state index in [1.807, 2.05) is 20.8 Å². The van der Waals surface area contributed by atoms with Gasteiger partial charge in [0.05, 0.1) is 0 Å². The van der Waals surface area contributed by atoms with Crippen molar-refractivity contribution in [2.24, 2.45) is 5.41 Å². The Morgan fingerprint density at radius 1 is 1.44 bits per heavy atom. The van der Waals surface area contributed by atoms with Crippen molar-refractivity contribution >= 4 is 33.0 Å². The van der Waals surface area contributed by atoms with Crippen molar-refractivity contribution in [3.05, 3.63) is 17.0 Å². The van der Waals surface area contributed by atoms with Gasteiger partial charge in [-0.15, -0.1) is 22.9 Å². The minimum atomic E-state index is -3.37. The van der Waals surface area contributed by atoms with E-state index in [1.54, 1.807) is 12.1 Å². The number of aryl methyl sites for hydroxylation is 1. The van der Waals surface area contributed by atoms with Gasteiger partial charge in [0.15, 0.2) is 0 Å². The first-order chi connectivity index (χ1) is 7.27. The van der Waals surface area contributed by atoms with E-state index in [-0.39, 0.29) is 5.41 Å². The molecule has 0 saturated carbocycles. The molecule has 0 radical (unpaired) electrons. The minimum Gasteiger partial charge on any atom is -0.210 e. The molecular formula is C10H16ClNO2S2. The Bertz CT molecular complexity index is 451. The van der Waals surface area contributed by atoms with Crippen LogP contribution >= 0.6 is 22.9 Å². The number of halogens is 1. The van der Waals surface area contributed by atoms with Gasteiger partial charge in [0.1, 0.15) is 4.21 Å². The van der Waals surface area contributed by atoms with Crippen LogP contribution in [0.15, 0.2) is 16.3 Å². The van der Waals surface area contributed by atoms with Crippen LogP contribution in [0.4, 0.5) is 0 Å². The molecule has 1 N–H and O–H groups in total. The first-order valence-electron chi connectivity index (χ1n) is 4.89. The van der Waals surface area contributed by atoms with Gasteiger partial charge < -0.3 is 0 Å². The molecule has 1 aromatic heterocycles. The maximum atomic E-state index is 11.9. The molecule has 0 saturated heterocycles. The van der Waals surface area contributed by atoms with Crippen molar-refractivity contribution in [2.45, 2.75) is 25.0 Å². The molecule has 0 fully saturated rings. The Balaban J connectivity index is 2.74. The number of alkyl halides is 1. The Morgan fingerprint density at radius 3 is 2.50 bits per heavy atom. The van der Waals surface area contributed by atoms with Crippen molar-refractivity contribution in [3.63, 3.8) is 0 Å². The number of thiophene rings is 1. The lowest BCUT2D eigenvalue weighted by Gasteiger charge is -2.21. The number of nitrogens with one attached hydrogen (secondary N) is 1. The number of sulfonamides is 1. The maximum absolute atomic E-state index is 11.9. The van der Waals surface area contributed by atoms with Gasteiger partial charge in [0.25, 0.3) is 0 Å². The zero-order valence-electron chi connectivity index (χ0n) is 9.58. The second kappa shape index (κ2) is 5.04. The average molecular weight is 282 g/mol. The SMILES string of the molecule is Cc1ccc(S(=O)(=O)NCC(C)(C)CCl)s1. The Morgan fingerprint density at radius 2 is 2.06 bits per heavy atom. The molecule has 0 aliphatic heterocycles. The van der Waals surface area contributed by atoms with E-state index in [9.17, 15) is 8.42 Å². The molecule has 1 aromatic rings. The van der Waals surface area contributed by atoms with Crippen molar-refractivity contribution in [1.29, 1.82) is 0 Å². The molecule has 0 aliphatic rings. The van der Waals surface area contributed by atoms with E-state index in [2.05, 4.69) is 4.72 Å². The van der Waals surface area contributed by atoms with E-state index in [0.717, 1.165) is 4.88 Å². The highest BCUT2D eigenvalue weighted by atomic mass is 35.5. The quantitative estimate of drug-likeness (QED) is 0.844. The van der Waals surface area contributed by atoms with Gasteiger partial charge in [-0.25, -0.2) is 13.1 Å². The molecule has 0 aromatic carbocycles. The van der Waals surface area contributed by atoms with Gasteiger partial charge in [0, 0.05) is 17.3 Å².